The van der Waals surface area contributed by atoms with E-state index in [0.717, 1.165) is 22.4 Å². The van der Waals surface area contributed by atoms with Gasteiger partial charge in [0.15, 0.2) is 11.5 Å². The highest BCUT2D eigenvalue weighted by atomic mass is 79.9. The quantitative estimate of drug-likeness (QED) is 0.527. The first kappa shape index (κ1) is 22.5. The Morgan fingerprint density at radius 1 is 0.833 bits per heavy atom. The van der Waals surface area contributed by atoms with Gasteiger partial charge in [0.1, 0.15) is 13.2 Å². The van der Waals surface area contributed by atoms with E-state index in [2.05, 4.69) is 54.0 Å². The van der Waals surface area contributed by atoms with Crippen LogP contribution in [0.1, 0.15) is 45.7 Å². The fourth-order valence-corrected chi connectivity index (χ4v) is 2.11. The molecule has 0 bridgehead atoms. The number of ether oxygens (including phenoxy) is 2. The molecule has 3 heteroatoms. The average molecular weight is 395 g/mol. The SMILES string of the molecule is CC.CC.CCc1ccc2c(c1)OCCO2.Cc1ccc(Br)cc1. The molecule has 0 amide bonds. The Labute approximate surface area is 156 Å². The summed E-state index contributed by atoms with van der Waals surface area (Å²) < 4.78 is 12.0. The summed E-state index contributed by atoms with van der Waals surface area (Å²) in [5, 5.41) is 0. The van der Waals surface area contributed by atoms with E-state index in [1.165, 1.54) is 11.1 Å². The van der Waals surface area contributed by atoms with Gasteiger partial charge in [-0.2, -0.15) is 0 Å². The summed E-state index contributed by atoms with van der Waals surface area (Å²) in [4.78, 5) is 0. The van der Waals surface area contributed by atoms with Crippen molar-refractivity contribution in [3.63, 3.8) is 0 Å². The molecule has 1 aliphatic rings. The van der Waals surface area contributed by atoms with Gasteiger partial charge in [-0.05, 0) is 43.2 Å². The summed E-state index contributed by atoms with van der Waals surface area (Å²) in [5.41, 5.74) is 2.59. The molecule has 0 saturated carbocycles. The number of hydrogen-bond donors (Lipinski definition) is 0. The summed E-state index contributed by atoms with van der Waals surface area (Å²) in [7, 11) is 0. The number of rotatable bonds is 1. The number of fused-ring (bicyclic) bond motifs is 1. The maximum Gasteiger partial charge on any atom is 0.161 e. The number of hydrogen-bond acceptors (Lipinski definition) is 2. The van der Waals surface area contributed by atoms with Crippen LogP contribution in [-0.4, -0.2) is 13.2 Å². The topological polar surface area (TPSA) is 18.5 Å². The molecule has 134 valence electrons. The van der Waals surface area contributed by atoms with Crippen molar-refractivity contribution in [2.45, 2.75) is 48.0 Å². The van der Waals surface area contributed by atoms with Gasteiger partial charge in [0, 0.05) is 4.47 Å². The molecule has 0 spiro atoms. The molecule has 3 rings (SSSR count). The van der Waals surface area contributed by atoms with Crippen LogP contribution in [0.3, 0.4) is 0 Å². The molecule has 0 aliphatic carbocycles. The highest BCUT2D eigenvalue weighted by Crippen LogP contribution is 2.30. The largest absolute Gasteiger partial charge is 0.486 e. The lowest BCUT2D eigenvalue weighted by atomic mass is 10.1. The van der Waals surface area contributed by atoms with Crippen LogP contribution in [0.15, 0.2) is 46.9 Å². The molecule has 2 aromatic rings. The van der Waals surface area contributed by atoms with Crippen molar-refractivity contribution >= 4 is 15.9 Å². The highest BCUT2D eigenvalue weighted by Gasteiger charge is 2.10. The first-order valence-corrected chi connectivity index (χ1v) is 9.59. The number of aryl methyl sites for hydroxylation is 2. The van der Waals surface area contributed by atoms with Gasteiger partial charge in [0.25, 0.3) is 0 Å². The second-order valence-corrected chi connectivity index (χ2v) is 5.54. The summed E-state index contributed by atoms with van der Waals surface area (Å²) in [6.07, 6.45) is 1.04. The molecule has 0 unspecified atom stereocenters. The Bertz CT molecular complexity index is 529. The van der Waals surface area contributed by atoms with E-state index in [0.29, 0.717) is 13.2 Å². The molecule has 2 aromatic carbocycles. The van der Waals surface area contributed by atoms with Crippen LogP contribution in [0.2, 0.25) is 0 Å². The highest BCUT2D eigenvalue weighted by molar-refractivity contribution is 9.10. The van der Waals surface area contributed by atoms with Crippen LogP contribution in [0.25, 0.3) is 0 Å². The molecule has 0 atom stereocenters. The lowest BCUT2D eigenvalue weighted by Gasteiger charge is -2.18. The maximum atomic E-state index is 5.44. The Hall–Kier alpha value is -1.48. The van der Waals surface area contributed by atoms with Crippen molar-refractivity contribution in [1.82, 2.24) is 0 Å². The van der Waals surface area contributed by atoms with E-state index in [1.54, 1.807) is 0 Å². The third-order valence-electron chi connectivity index (χ3n) is 3.03. The second kappa shape index (κ2) is 13.9. The molecule has 1 heterocycles. The minimum atomic E-state index is 0.665. The molecule has 1 aliphatic heterocycles. The Morgan fingerprint density at radius 2 is 1.38 bits per heavy atom. The fraction of sp³-hybridized carbons (Fsp3) is 0.429. The number of benzene rings is 2. The van der Waals surface area contributed by atoms with Gasteiger partial charge in [0.05, 0.1) is 0 Å². The molecule has 24 heavy (non-hydrogen) atoms. The Balaban J connectivity index is 0.000000385. The minimum Gasteiger partial charge on any atom is -0.486 e. The maximum absolute atomic E-state index is 5.44. The van der Waals surface area contributed by atoms with Crippen LogP contribution < -0.4 is 9.47 Å². The smallest absolute Gasteiger partial charge is 0.161 e. The zero-order valence-corrected chi connectivity index (χ0v) is 17.4. The molecule has 0 saturated heterocycles. The van der Waals surface area contributed by atoms with Crippen LogP contribution >= 0.6 is 15.9 Å². The van der Waals surface area contributed by atoms with E-state index >= 15 is 0 Å². The van der Waals surface area contributed by atoms with Crippen molar-refractivity contribution in [1.29, 1.82) is 0 Å². The predicted molar refractivity (Wildman–Crippen MR) is 108 cm³/mol. The van der Waals surface area contributed by atoms with Crippen LogP contribution in [0.5, 0.6) is 11.5 Å². The third-order valence-corrected chi connectivity index (χ3v) is 3.55. The summed E-state index contributed by atoms with van der Waals surface area (Å²) in [6.45, 7) is 13.5. The predicted octanol–water partition coefficient (Wildman–Crippen LogP) is 6.83. The molecule has 0 N–H and O–H groups in total. The van der Waals surface area contributed by atoms with Gasteiger partial charge in [-0.1, -0.05) is 74.3 Å². The van der Waals surface area contributed by atoms with Gasteiger partial charge in [0.2, 0.25) is 0 Å². The number of halogens is 1. The van der Waals surface area contributed by atoms with Crippen molar-refractivity contribution in [2.75, 3.05) is 13.2 Å². The van der Waals surface area contributed by atoms with Crippen molar-refractivity contribution in [3.05, 3.63) is 58.1 Å². The first-order chi connectivity index (χ1) is 11.7. The average Bonchev–Trinajstić information content (AvgIpc) is 2.67. The molecule has 0 aromatic heterocycles. The van der Waals surface area contributed by atoms with Gasteiger partial charge in [-0.15, -0.1) is 0 Å². The van der Waals surface area contributed by atoms with E-state index < -0.39 is 0 Å². The summed E-state index contributed by atoms with van der Waals surface area (Å²) in [5.74, 6) is 1.76. The molecule has 0 radical (unpaired) electrons. The van der Waals surface area contributed by atoms with Crippen LogP contribution in [-0.2, 0) is 6.42 Å². The normalized spacial score (nSPS) is 10.8. The van der Waals surface area contributed by atoms with E-state index in [-0.39, 0.29) is 0 Å². The molecule has 0 fully saturated rings. The fourth-order valence-electron chi connectivity index (χ4n) is 1.84. The third kappa shape index (κ3) is 8.39. The van der Waals surface area contributed by atoms with Gasteiger partial charge < -0.3 is 9.47 Å². The summed E-state index contributed by atoms with van der Waals surface area (Å²) >= 11 is 3.35. The van der Waals surface area contributed by atoms with Crippen molar-refractivity contribution < 1.29 is 9.47 Å². The monoisotopic (exact) mass is 394 g/mol. The molecular weight excluding hydrogens is 364 g/mol. The van der Waals surface area contributed by atoms with Gasteiger partial charge in [-0.3, -0.25) is 0 Å². The zero-order chi connectivity index (χ0) is 18.4. The Kier molecular flexibility index (Phi) is 13.1. The summed E-state index contributed by atoms with van der Waals surface area (Å²) in [6, 6.07) is 14.3. The lowest BCUT2D eigenvalue weighted by Crippen LogP contribution is -2.15. The van der Waals surface area contributed by atoms with Gasteiger partial charge in [-0.25, -0.2) is 0 Å². The van der Waals surface area contributed by atoms with Crippen LogP contribution in [0, 0.1) is 6.92 Å². The van der Waals surface area contributed by atoms with E-state index in [9.17, 15) is 0 Å². The minimum absolute atomic E-state index is 0.665. The zero-order valence-electron chi connectivity index (χ0n) is 15.9. The Morgan fingerprint density at radius 3 is 1.88 bits per heavy atom. The van der Waals surface area contributed by atoms with E-state index in [4.69, 9.17) is 9.47 Å². The van der Waals surface area contributed by atoms with Crippen molar-refractivity contribution in [2.24, 2.45) is 0 Å². The second-order valence-electron chi connectivity index (χ2n) is 4.63. The van der Waals surface area contributed by atoms with E-state index in [1.807, 2.05) is 45.9 Å². The van der Waals surface area contributed by atoms with Crippen LogP contribution in [0.4, 0.5) is 0 Å². The molecule has 2 nitrogen and oxygen atoms in total. The van der Waals surface area contributed by atoms with Crippen molar-refractivity contribution in [3.8, 4) is 11.5 Å². The standard InChI is InChI=1S/C10H12O2.C7H7Br.2C2H6/c1-2-8-3-4-9-10(7-8)12-6-5-11-9;1-6-2-4-7(8)5-3-6;2*1-2/h3-4,7H,2,5-6H2,1H3;2-5H,1H3;2*1-2H3. The lowest BCUT2D eigenvalue weighted by molar-refractivity contribution is 0.171. The van der Waals surface area contributed by atoms with Gasteiger partial charge >= 0.3 is 0 Å². The first-order valence-electron chi connectivity index (χ1n) is 8.79. The molecular formula is C21H31BrO2.